The Kier molecular flexibility index (Phi) is 3.37. The van der Waals surface area contributed by atoms with Crippen molar-refractivity contribution >= 4 is 27.3 Å². The van der Waals surface area contributed by atoms with Gasteiger partial charge in [-0.15, -0.1) is 11.3 Å². The number of ether oxygens (including phenoxy) is 1. The Morgan fingerprint density at radius 2 is 2.26 bits per heavy atom. The summed E-state index contributed by atoms with van der Waals surface area (Å²) in [6, 6.07) is 6.03. The molecule has 0 bridgehead atoms. The average molecular weight is 339 g/mol. The van der Waals surface area contributed by atoms with Crippen molar-refractivity contribution in [2.75, 3.05) is 13.7 Å². The molecule has 3 rings (SSSR count). The van der Waals surface area contributed by atoms with Gasteiger partial charge in [0, 0.05) is 22.9 Å². The van der Waals surface area contributed by atoms with Crippen molar-refractivity contribution in [2.24, 2.45) is 5.73 Å². The Morgan fingerprint density at radius 1 is 1.47 bits per heavy atom. The molecule has 2 aromatic rings. The van der Waals surface area contributed by atoms with Crippen LogP contribution in [0.4, 0.5) is 0 Å². The Bertz CT molecular complexity index is 607. The number of nitrogens with two attached hydrogens (primary N) is 1. The molecule has 3 nitrogen and oxygen atoms in total. The third-order valence-corrected chi connectivity index (χ3v) is 5.36. The summed E-state index contributed by atoms with van der Waals surface area (Å²) in [5, 5.41) is 3.29. The lowest BCUT2D eigenvalue weighted by Crippen LogP contribution is -2.19. The van der Waals surface area contributed by atoms with E-state index in [0.717, 1.165) is 21.5 Å². The molecule has 100 valence electrons. The van der Waals surface area contributed by atoms with E-state index in [2.05, 4.69) is 21.3 Å². The molecule has 0 saturated heterocycles. The number of hydrogen-bond acceptors (Lipinski definition) is 4. The third kappa shape index (κ3) is 2.30. The third-order valence-electron chi connectivity index (χ3n) is 3.65. The molecule has 19 heavy (non-hydrogen) atoms. The zero-order valence-corrected chi connectivity index (χ0v) is 13.1. The number of methoxy groups -OCH3 is 1. The maximum atomic E-state index is 5.85. The zero-order chi connectivity index (χ0) is 13.5. The van der Waals surface area contributed by atoms with Crippen LogP contribution < -0.4 is 10.5 Å². The van der Waals surface area contributed by atoms with Crippen LogP contribution in [0.1, 0.15) is 17.8 Å². The average Bonchev–Trinajstić information content (AvgIpc) is 3.08. The van der Waals surface area contributed by atoms with Crippen molar-refractivity contribution in [3.63, 3.8) is 0 Å². The number of nitrogens with zero attached hydrogens (tertiary/aromatic N) is 1. The van der Waals surface area contributed by atoms with E-state index < -0.39 is 0 Å². The predicted octanol–water partition coefficient (Wildman–Crippen LogP) is 3.57. The van der Waals surface area contributed by atoms with Gasteiger partial charge in [-0.2, -0.15) is 0 Å². The Hall–Kier alpha value is -0.910. The number of thiazole rings is 1. The molecular formula is C14H15BrN2OS. The highest BCUT2D eigenvalue weighted by Crippen LogP contribution is 2.49. The molecule has 1 aliphatic rings. The quantitative estimate of drug-likeness (QED) is 0.926. The first kappa shape index (κ1) is 13.1. The van der Waals surface area contributed by atoms with Crippen LogP contribution in [0.15, 0.2) is 28.1 Å². The van der Waals surface area contributed by atoms with E-state index in [1.54, 1.807) is 18.4 Å². The van der Waals surface area contributed by atoms with Gasteiger partial charge in [-0.25, -0.2) is 4.98 Å². The normalized spacial score (nSPS) is 16.4. The Labute approximate surface area is 124 Å². The summed E-state index contributed by atoms with van der Waals surface area (Å²) in [5.41, 5.74) is 8.14. The van der Waals surface area contributed by atoms with Crippen LogP contribution in [-0.2, 0) is 5.41 Å². The van der Waals surface area contributed by atoms with Gasteiger partial charge < -0.3 is 10.5 Å². The van der Waals surface area contributed by atoms with Gasteiger partial charge in [0.2, 0.25) is 0 Å². The first-order valence-electron chi connectivity index (χ1n) is 6.18. The number of aromatic nitrogens is 1. The largest absolute Gasteiger partial charge is 0.496 e. The van der Waals surface area contributed by atoms with Gasteiger partial charge in [0.15, 0.2) is 0 Å². The van der Waals surface area contributed by atoms with Crippen molar-refractivity contribution in [3.05, 3.63) is 33.1 Å². The van der Waals surface area contributed by atoms with E-state index >= 15 is 0 Å². The maximum Gasteiger partial charge on any atom is 0.133 e. The van der Waals surface area contributed by atoms with E-state index in [4.69, 9.17) is 15.5 Å². The maximum absolute atomic E-state index is 5.85. The number of hydrogen-bond donors (Lipinski definition) is 1. The van der Waals surface area contributed by atoms with Crippen molar-refractivity contribution in [1.82, 2.24) is 4.98 Å². The highest BCUT2D eigenvalue weighted by Gasteiger charge is 2.45. The lowest BCUT2D eigenvalue weighted by atomic mass is 10.1. The second-order valence-corrected chi connectivity index (χ2v) is 6.58. The van der Waals surface area contributed by atoms with Gasteiger partial charge in [-0.1, -0.05) is 0 Å². The van der Waals surface area contributed by atoms with Crippen LogP contribution in [0.25, 0.3) is 11.3 Å². The zero-order valence-electron chi connectivity index (χ0n) is 10.6. The Balaban J connectivity index is 1.93. The fourth-order valence-corrected chi connectivity index (χ4v) is 3.77. The van der Waals surface area contributed by atoms with Crippen molar-refractivity contribution in [2.45, 2.75) is 18.3 Å². The van der Waals surface area contributed by atoms with E-state index in [0.29, 0.717) is 6.54 Å². The first-order chi connectivity index (χ1) is 9.18. The molecule has 1 aliphatic carbocycles. The molecule has 0 radical (unpaired) electrons. The smallest absolute Gasteiger partial charge is 0.133 e. The van der Waals surface area contributed by atoms with Crippen LogP contribution in [0.2, 0.25) is 0 Å². The van der Waals surface area contributed by atoms with Gasteiger partial charge in [-0.3, -0.25) is 0 Å². The van der Waals surface area contributed by atoms with Gasteiger partial charge in [0.1, 0.15) is 10.8 Å². The lowest BCUT2D eigenvalue weighted by molar-refractivity contribution is 0.412. The van der Waals surface area contributed by atoms with Gasteiger partial charge in [0.25, 0.3) is 0 Å². The molecule has 0 amide bonds. The topological polar surface area (TPSA) is 48.1 Å². The number of benzene rings is 1. The highest BCUT2D eigenvalue weighted by molar-refractivity contribution is 9.10. The molecule has 0 aliphatic heterocycles. The summed E-state index contributed by atoms with van der Waals surface area (Å²) in [4.78, 5) is 4.76. The highest BCUT2D eigenvalue weighted by atomic mass is 79.9. The van der Waals surface area contributed by atoms with Crippen LogP contribution in [-0.4, -0.2) is 18.6 Å². The number of rotatable bonds is 4. The summed E-state index contributed by atoms with van der Waals surface area (Å²) < 4.78 is 6.19. The fraction of sp³-hybridized carbons (Fsp3) is 0.357. The summed E-state index contributed by atoms with van der Waals surface area (Å²) >= 11 is 5.22. The van der Waals surface area contributed by atoms with E-state index in [-0.39, 0.29) is 5.41 Å². The molecule has 1 aromatic carbocycles. The Morgan fingerprint density at radius 3 is 2.84 bits per heavy atom. The van der Waals surface area contributed by atoms with Gasteiger partial charge in [-0.05, 0) is 47.0 Å². The standard InChI is InChI=1S/C14H15BrN2OS/c1-18-12-3-2-9(6-10(12)15)11-7-19-13(17-11)14(8-16)4-5-14/h2-3,6-7H,4-5,8,16H2,1H3. The molecule has 1 aromatic heterocycles. The van der Waals surface area contributed by atoms with Crippen molar-refractivity contribution in [3.8, 4) is 17.0 Å². The van der Waals surface area contributed by atoms with Crippen molar-refractivity contribution in [1.29, 1.82) is 0 Å². The van der Waals surface area contributed by atoms with Crippen LogP contribution >= 0.6 is 27.3 Å². The van der Waals surface area contributed by atoms with E-state index in [1.165, 1.54) is 17.8 Å². The molecule has 0 atom stereocenters. The molecule has 1 heterocycles. The molecule has 1 saturated carbocycles. The fourth-order valence-electron chi connectivity index (χ4n) is 2.13. The lowest BCUT2D eigenvalue weighted by Gasteiger charge is -2.07. The minimum Gasteiger partial charge on any atom is -0.496 e. The van der Waals surface area contributed by atoms with Crippen LogP contribution in [0.3, 0.4) is 0 Å². The molecule has 0 unspecified atom stereocenters. The van der Waals surface area contributed by atoms with E-state index in [9.17, 15) is 0 Å². The molecule has 1 fully saturated rings. The minimum absolute atomic E-state index is 0.173. The monoisotopic (exact) mass is 338 g/mol. The van der Waals surface area contributed by atoms with Crippen molar-refractivity contribution < 1.29 is 4.74 Å². The molecular weight excluding hydrogens is 324 g/mol. The van der Waals surface area contributed by atoms with E-state index in [1.807, 2.05) is 18.2 Å². The van der Waals surface area contributed by atoms with Gasteiger partial charge >= 0.3 is 0 Å². The number of halogens is 1. The van der Waals surface area contributed by atoms with Crippen LogP contribution in [0.5, 0.6) is 5.75 Å². The first-order valence-corrected chi connectivity index (χ1v) is 7.86. The van der Waals surface area contributed by atoms with Gasteiger partial charge in [0.05, 0.1) is 17.3 Å². The minimum atomic E-state index is 0.173. The SMILES string of the molecule is COc1ccc(-c2csc(C3(CN)CC3)n2)cc1Br. The summed E-state index contributed by atoms with van der Waals surface area (Å²) in [6.45, 7) is 0.701. The second kappa shape index (κ2) is 4.89. The summed E-state index contributed by atoms with van der Waals surface area (Å²) in [6.07, 6.45) is 2.34. The molecule has 2 N–H and O–H groups in total. The molecule has 5 heteroatoms. The molecule has 0 spiro atoms. The second-order valence-electron chi connectivity index (χ2n) is 4.87. The summed E-state index contributed by atoms with van der Waals surface area (Å²) in [5.74, 6) is 0.833. The summed E-state index contributed by atoms with van der Waals surface area (Å²) in [7, 11) is 1.67. The predicted molar refractivity (Wildman–Crippen MR) is 81.8 cm³/mol. The van der Waals surface area contributed by atoms with Crippen LogP contribution in [0, 0.1) is 0 Å².